The summed E-state index contributed by atoms with van der Waals surface area (Å²) in [6.07, 6.45) is 5.37. The minimum Gasteiger partial charge on any atom is -0.317 e. The molecule has 0 aliphatic carbocycles. The van der Waals surface area contributed by atoms with Crippen LogP contribution in [0, 0.1) is 0 Å². The molecule has 0 saturated heterocycles. The second-order valence-corrected chi connectivity index (χ2v) is 4.56. The zero-order valence-electron chi connectivity index (χ0n) is 9.60. The third-order valence-electron chi connectivity index (χ3n) is 2.41. The van der Waals surface area contributed by atoms with Gasteiger partial charge in [0.2, 0.25) is 0 Å². The summed E-state index contributed by atoms with van der Waals surface area (Å²) in [5, 5.41) is 11.3. The Balaban J connectivity index is 1.87. The Hall–Kier alpha value is -1.27. The highest BCUT2D eigenvalue weighted by Gasteiger charge is 2.01. The molecule has 2 heterocycles. The van der Waals surface area contributed by atoms with Crippen molar-refractivity contribution in [1.82, 2.24) is 25.1 Å². The summed E-state index contributed by atoms with van der Waals surface area (Å²) in [6.45, 7) is 4.44. The van der Waals surface area contributed by atoms with E-state index in [1.807, 2.05) is 16.8 Å². The van der Waals surface area contributed by atoms with E-state index >= 15 is 0 Å². The van der Waals surface area contributed by atoms with Gasteiger partial charge in [0.1, 0.15) is 12.2 Å². The highest BCUT2D eigenvalue weighted by Crippen LogP contribution is 2.09. The molecule has 0 radical (unpaired) electrons. The molecule has 0 aromatic carbocycles. The van der Waals surface area contributed by atoms with Crippen LogP contribution in [0.25, 0.3) is 0 Å². The lowest BCUT2D eigenvalue weighted by Crippen LogP contribution is -2.16. The molecule has 2 rings (SSSR count). The number of hydrogen-bond donors (Lipinski definition) is 1. The predicted octanol–water partition coefficient (Wildman–Crippen LogP) is 1.75. The second kappa shape index (κ2) is 5.88. The summed E-state index contributed by atoms with van der Waals surface area (Å²) in [4.78, 5) is 4.11. The number of halogens is 1. The number of hydrogen-bond acceptors (Lipinski definition) is 4. The molecule has 0 spiro atoms. The second-order valence-electron chi connectivity index (χ2n) is 3.65. The molecule has 6 heteroatoms. The molecule has 90 valence electrons. The van der Waals surface area contributed by atoms with Crippen molar-refractivity contribution >= 4 is 15.9 Å². The van der Waals surface area contributed by atoms with Gasteiger partial charge in [-0.3, -0.25) is 4.98 Å². The van der Waals surface area contributed by atoms with Gasteiger partial charge in [0.15, 0.2) is 0 Å². The topological polar surface area (TPSA) is 55.6 Å². The van der Waals surface area contributed by atoms with Gasteiger partial charge in [0.05, 0.1) is 6.54 Å². The van der Waals surface area contributed by atoms with Crippen LogP contribution in [0.4, 0.5) is 0 Å². The van der Waals surface area contributed by atoms with Crippen LogP contribution in [0.2, 0.25) is 0 Å². The van der Waals surface area contributed by atoms with Gasteiger partial charge in [-0.15, -0.1) is 10.2 Å². The summed E-state index contributed by atoms with van der Waals surface area (Å²) < 4.78 is 3.01. The van der Waals surface area contributed by atoms with Gasteiger partial charge in [-0.05, 0) is 34.5 Å². The summed E-state index contributed by atoms with van der Waals surface area (Å²) in [6, 6.07) is 2.05. The van der Waals surface area contributed by atoms with E-state index in [9.17, 15) is 0 Å². The summed E-state index contributed by atoms with van der Waals surface area (Å²) in [7, 11) is 0. The molecule has 0 bridgehead atoms. The van der Waals surface area contributed by atoms with Crippen LogP contribution in [0.1, 0.15) is 18.3 Å². The Kier molecular flexibility index (Phi) is 4.22. The molecule has 2 aromatic heterocycles. The number of rotatable bonds is 5. The third-order valence-corrected chi connectivity index (χ3v) is 2.84. The highest BCUT2D eigenvalue weighted by molar-refractivity contribution is 9.10. The maximum atomic E-state index is 4.11. The lowest BCUT2D eigenvalue weighted by atomic mass is 10.3. The molecule has 0 unspecified atom stereocenters. The molecule has 1 N–H and O–H groups in total. The van der Waals surface area contributed by atoms with Crippen molar-refractivity contribution in [3.8, 4) is 0 Å². The van der Waals surface area contributed by atoms with Gasteiger partial charge < -0.3 is 9.88 Å². The number of nitrogens with one attached hydrogen (secondary N) is 1. The van der Waals surface area contributed by atoms with Crippen LogP contribution >= 0.6 is 15.9 Å². The smallest absolute Gasteiger partial charge is 0.146 e. The molecular weight excluding hydrogens is 282 g/mol. The maximum absolute atomic E-state index is 4.11. The molecule has 0 atom stereocenters. The van der Waals surface area contributed by atoms with E-state index in [4.69, 9.17) is 0 Å². The average Bonchev–Trinajstić information content (AvgIpc) is 2.77. The van der Waals surface area contributed by atoms with Crippen LogP contribution < -0.4 is 5.32 Å². The first kappa shape index (κ1) is 12.2. The third kappa shape index (κ3) is 3.34. The molecule has 2 aromatic rings. The quantitative estimate of drug-likeness (QED) is 0.913. The SMILES string of the molecule is CCn1cnnc1CNCc1cncc(Br)c1. The Morgan fingerprint density at radius 1 is 1.35 bits per heavy atom. The van der Waals surface area contributed by atoms with Gasteiger partial charge in [-0.1, -0.05) is 0 Å². The molecule has 0 fully saturated rings. The minimum atomic E-state index is 0.709. The zero-order chi connectivity index (χ0) is 12.1. The summed E-state index contributed by atoms with van der Waals surface area (Å²) in [5.74, 6) is 0.954. The maximum Gasteiger partial charge on any atom is 0.146 e. The van der Waals surface area contributed by atoms with E-state index in [-0.39, 0.29) is 0 Å². The van der Waals surface area contributed by atoms with Crippen molar-refractivity contribution < 1.29 is 0 Å². The lowest BCUT2D eigenvalue weighted by Gasteiger charge is -2.05. The first-order chi connectivity index (χ1) is 8.29. The number of aryl methyl sites for hydroxylation is 1. The van der Waals surface area contributed by atoms with Crippen LogP contribution in [-0.2, 0) is 19.6 Å². The monoisotopic (exact) mass is 295 g/mol. The molecule has 17 heavy (non-hydrogen) atoms. The molecule has 0 amide bonds. The molecule has 0 saturated carbocycles. The van der Waals surface area contributed by atoms with Gasteiger partial charge in [-0.25, -0.2) is 0 Å². The van der Waals surface area contributed by atoms with E-state index in [1.165, 1.54) is 0 Å². The minimum absolute atomic E-state index is 0.709. The number of nitrogens with zero attached hydrogens (tertiary/aromatic N) is 4. The molecule has 5 nitrogen and oxygen atoms in total. The van der Waals surface area contributed by atoms with Gasteiger partial charge in [0.25, 0.3) is 0 Å². The largest absolute Gasteiger partial charge is 0.317 e. The van der Waals surface area contributed by atoms with Crippen molar-refractivity contribution in [3.63, 3.8) is 0 Å². The van der Waals surface area contributed by atoms with Crippen LogP contribution in [0.15, 0.2) is 29.3 Å². The fourth-order valence-electron chi connectivity index (χ4n) is 1.55. The Morgan fingerprint density at radius 3 is 3.00 bits per heavy atom. The first-order valence-corrected chi connectivity index (χ1v) is 6.25. The number of aromatic nitrogens is 4. The fraction of sp³-hybridized carbons (Fsp3) is 0.364. The molecule has 0 aliphatic rings. The fourth-order valence-corrected chi connectivity index (χ4v) is 1.96. The number of pyridine rings is 1. The van der Waals surface area contributed by atoms with Gasteiger partial charge in [0, 0.05) is 30.0 Å². The van der Waals surface area contributed by atoms with E-state index in [1.54, 1.807) is 12.5 Å². The average molecular weight is 296 g/mol. The van der Waals surface area contributed by atoms with Crippen LogP contribution in [0.5, 0.6) is 0 Å². The summed E-state index contributed by atoms with van der Waals surface area (Å²) in [5.41, 5.74) is 1.14. The van der Waals surface area contributed by atoms with Crippen molar-refractivity contribution in [3.05, 3.63) is 40.6 Å². The molecular formula is C11H14BrN5. The predicted molar refractivity (Wildman–Crippen MR) is 68.2 cm³/mol. The van der Waals surface area contributed by atoms with Crippen LogP contribution in [-0.4, -0.2) is 19.7 Å². The highest BCUT2D eigenvalue weighted by atomic mass is 79.9. The van der Waals surface area contributed by atoms with Crippen molar-refractivity contribution in [1.29, 1.82) is 0 Å². The zero-order valence-corrected chi connectivity index (χ0v) is 11.2. The normalized spacial score (nSPS) is 10.7. The Bertz CT molecular complexity index is 482. The van der Waals surface area contributed by atoms with Crippen molar-refractivity contribution in [2.45, 2.75) is 26.6 Å². The van der Waals surface area contributed by atoms with E-state index in [0.717, 1.165) is 29.0 Å². The van der Waals surface area contributed by atoms with Crippen molar-refractivity contribution in [2.24, 2.45) is 0 Å². The van der Waals surface area contributed by atoms with Gasteiger partial charge >= 0.3 is 0 Å². The summed E-state index contributed by atoms with van der Waals surface area (Å²) >= 11 is 3.40. The van der Waals surface area contributed by atoms with E-state index < -0.39 is 0 Å². The van der Waals surface area contributed by atoms with Crippen molar-refractivity contribution in [2.75, 3.05) is 0 Å². The standard InChI is InChI=1S/C11H14BrN5/c1-2-17-8-15-16-11(17)7-14-5-9-3-10(12)6-13-4-9/h3-4,6,8,14H,2,5,7H2,1H3. The van der Waals surface area contributed by atoms with Gasteiger partial charge in [-0.2, -0.15) is 0 Å². The molecule has 0 aliphatic heterocycles. The first-order valence-electron chi connectivity index (χ1n) is 5.46. The lowest BCUT2D eigenvalue weighted by molar-refractivity contribution is 0.611. The van der Waals surface area contributed by atoms with Crippen LogP contribution in [0.3, 0.4) is 0 Å². The Morgan fingerprint density at radius 2 is 2.24 bits per heavy atom. The van der Waals surface area contributed by atoms with E-state index in [2.05, 4.69) is 43.4 Å². The van der Waals surface area contributed by atoms with E-state index in [0.29, 0.717) is 6.54 Å². The Labute approximate surface area is 108 Å².